The van der Waals surface area contributed by atoms with Crippen molar-refractivity contribution < 1.29 is 4.74 Å². The summed E-state index contributed by atoms with van der Waals surface area (Å²) in [5, 5.41) is 3.46. The Morgan fingerprint density at radius 2 is 1.62 bits per heavy atom. The molecule has 1 N–H and O–H groups in total. The van der Waals surface area contributed by atoms with Gasteiger partial charge in [0.25, 0.3) is 0 Å². The maximum atomic E-state index is 5.73. The second kappa shape index (κ2) is 10.1. The second-order valence-electron chi connectivity index (χ2n) is 5.48. The summed E-state index contributed by atoms with van der Waals surface area (Å²) in [4.78, 5) is 0. The van der Waals surface area contributed by atoms with E-state index in [1.807, 2.05) is 0 Å². The van der Waals surface area contributed by atoms with Crippen LogP contribution in [-0.4, -0.2) is 25.8 Å². The first-order chi connectivity index (χ1) is 7.54. The van der Waals surface area contributed by atoms with Crippen LogP contribution in [0.5, 0.6) is 0 Å². The minimum Gasteiger partial charge on any atom is -0.378 e. The molecule has 0 saturated carbocycles. The number of hydrogen-bond donors (Lipinski definition) is 1. The van der Waals surface area contributed by atoms with Gasteiger partial charge in [-0.1, -0.05) is 27.7 Å². The summed E-state index contributed by atoms with van der Waals surface area (Å²) in [6, 6.07) is 0. The van der Waals surface area contributed by atoms with Gasteiger partial charge in [-0.25, -0.2) is 0 Å². The number of nitrogens with one attached hydrogen (secondary N) is 1. The fourth-order valence-corrected chi connectivity index (χ4v) is 1.38. The lowest BCUT2D eigenvalue weighted by Crippen LogP contribution is -2.20. The molecule has 0 aliphatic carbocycles. The quantitative estimate of drug-likeness (QED) is 0.579. The van der Waals surface area contributed by atoms with Crippen LogP contribution in [0.1, 0.15) is 53.9 Å². The van der Waals surface area contributed by atoms with Gasteiger partial charge in [-0.2, -0.15) is 0 Å². The molecule has 0 rings (SSSR count). The fraction of sp³-hybridized carbons (Fsp3) is 1.00. The molecule has 1 atom stereocenters. The van der Waals surface area contributed by atoms with Crippen LogP contribution < -0.4 is 5.32 Å². The van der Waals surface area contributed by atoms with Crippen molar-refractivity contribution in [1.82, 2.24) is 5.32 Å². The lowest BCUT2D eigenvalue weighted by molar-refractivity contribution is 0.0332. The van der Waals surface area contributed by atoms with E-state index in [4.69, 9.17) is 4.74 Å². The molecular weight excluding hydrogens is 198 g/mol. The Bertz CT molecular complexity index is 146. The maximum Gasteiger partial charge on any atom is 0.0569 e. The van der Waals surface area contributed by atoms with E-state index < -0.39 is 0 Å². The molecule has 0 aromatic heterocycles. The fourth-order valence-electron chi connectivity index (χ4n) is 1.38. The molecule has 98 valence electrons. The third-order valence-corrected chi connectivity index (χ3v) is 2.87. The molecule has 0 aromatic carbocycles. The summed E-state index contributed by atoms with van der Waals surface area (Å²) >= 11 is 0. The van der Waals surface area contributed by atoms with Crippen molar-refractivity contribution in [2.45, 2.75) is 60.0 Å². The molecule has 0 aliphatic rings. The lowest BCUT2D eigenvalue weighted by atomic mass is 10.1. The topological polar surface area (TPSA) is 21.3 Å². The monoisotopic (exact) mass is 229 g/mol. The first-order valence-corrected chi connectivity index (χ1v) is 6.86. The molecule has 0 heterocycles. The summed E-state index contributed by atoms with van der Waals surface area (Å²) in [6.45, 7) is 14.3. The lowest BCUT2D eigenvalue weighted by Gasteiger charge is -2.16. The minimum atomic E-state index is 0.402. The highest BCUT2D eigenvalue weighted by molar-refractivity contribution is 4.55. The Labute approximate surface area is 102 Å². The van der Waals surface area contributed by atoms with Crippen molar-refractivity contribution in [3.63, 3.8) is 0 Å². The van der Waals surface area contributed by atoms with Crippen molar-refractivity contribution in [1.29, 1.82) is 0 Å². The van der Waals surface area contributed by atoms with Crippen LogP contribution >= 0.6 is 0 Å². The van der Waals surface area contributed by atoms with E-state index in [-0.39, 0.29) is 0 Å². The minimum absolute atomic E-state index is 0.402. The average Bonchev–Trinajstić information content (AvgIpc) is 2.21. The van der Waals surface area contributed by atoms with Crippen LogP contribution in [0.15, 0.2) is 0 Å². The number of hydrogen-bond acceptors (Lipinski definition) is 2. The molecule has 0 spiro atoms. The third-order valence-electron chi connectivity index (χ3n) is 2.87. The highest BCUT2D eigenvalue weighted by Gasteiger charge is 2.05. The first kappa shape index (κ1) is 15.9. The van der Waals surface area contributed by atoms with Gasteiger partial charge in [0.05, 0.1) is 6.10 Å². The molecular formula is C14H31NO. The first-order valence-electron chi connectivity index (χ1n) is 6.86. The van der Waals surface area contributed by atoms with Crippen molar-refractivity contribution in [3.8, 4) is 0 Å². The third kappa shape index (κ3) is 10.4. The Kier molecular flexibility index (Phi) is 10.0. The van der Waals surface area contributed by atoms with E-state index in [0.717, 1.165) is 25.6 Å². The van der Waals surface area contributed by atoms with Crippen molar-refractivity contribution in [2.75, 3.05) is 19.7 Å². The highest BCUT2D eigenvalue weighted by Crippen LogP contribution is 2.06. The van der Waals surface area contributed by atoms with Gasteiger partial charge in [-0.3, -0.25) is 0 Å². The van der Waals surface area contributed by atoms with Gasteiger partial charge in [0.15, 0.2) is 0 Å². The predicted molar refractivity (Wildman–Crippen MR) is 71.8 cm³/mol. The van der Waals surface area contributed by atoms with Gasteiger partial charge in [0, 0.05) is 6.61 Å². The van der Waals surface area contributed by atoms with Crippen LogP contribution in [0.2, 0.25) is 0 Å². The molecule has 0 fully saturated rings. The summed E-state index contributed by atoms with van der Waals surface area (Å²) in [6.07, 6.45) is 4.14. The maximum absolute atomic E-state index is 5.73. The molecule has 0 saturated heterocycles. The van der Waals surface area contributed by atoms with Crippen LogP contribution in [0.25, 0.3) is 0 Å². The molecule has 2 nitrogen and oxygen atoms in total. The zero-order chi connectivity index (χ0) is 12.4. The number of rotatable bonds is 10. The summed E-state index contributed by atoms with van der Waals surface area (Å²) in [7, 11) is 0. The Balaban J connectivity index is 3.10. The summed E-state index contributed by atoms with van der Waals surface area (Å²) in [5.41, 5.74) is 0. The average molecular weight is 229 g/mol. The molecule has 2 heteroatoms. The van der Waals surface area contributed by atoms with Crippen molar-refractivity contribution >= 4 is 0 Å². The molecule has 16 heavy (non-hydrogen) atoms. The molecule has 0 aliphatic heterocycles. The zero-order valence-corrected chi connectivity index (χ0v) is 11.9. The summed E-state index contributed by atoms with van der Waals surface area (Å²) < 4.78 is 5.73. The van der Waals surface area contributed by atoms with Crippen molar-refractivity contribution in [2.24, 2.45) is 11.8 Å². The van der Waals surface area contributed by atoms with Gasteiger partial charge < -0.3 is 10.1 Å². The van der Waals surface area contributed by atoms with E-state index in [1.54, 1.807) is 0 Å². The van der Waals surface area contributed by atoms with E-state index in [2.05, 4.69) is 39.9 Å². The molecule has 0 amide bonds. The summed E-state index contributed by atoms with van der Waals surface area (Å²) in [5.74, 6) is 1.39. The Hall–Kier alpha value is -0.0800. The SMILES string of the molecule is CC(C)CNCCCCCOC(C)C(C)C. The van der Waals surface area contributed by atoms with Crippen molar-refractivity contribution in [3.05, 3.63) is 0 Å². The largest absolute Gasteiger partial charge is 0.378 e. The number of ether oxygens (including phenoxy) is 1. The predicted octanol–water partition coefficient (Wildman–Crippen LogP) is 3.46. The van der Waals surface area contributed by atoms with Gasteiger partial charge in [-0.05, 0) is 51.1 Å². The van der Waals surface area contributed by atoms with Gasteiger partial charge >= 0.3 is 0 Å². The highest BCUT2D eigenvalue weighted by atomic mass is 16.5. The van der Waals surface area contributed by atoms with Gasteiger partial charge in [-0.15, -0.1) is 0 Å². The van der Waals surface area contributed by atoms with E-state index in [9.17, 15) is 0 Å². The van der Waals surface area contributed by atoms with Crippen LogP contribution in [0, 0.1) is 11.8 Å². The Morgan fingerprint density at radius 3 is 2.19 bits per heavy atom. The van der Waals surface area contributed by atoms with E-state index in [0.29, 0.717) is 12.0 Å². The molecule has 0 radical (unpaired) electrons. The van der Waals surface area contributed by atoms with Gasteiger partial charge in [0.2, 0.25) is 0 Å². The van der Waals surface area contributed by atoms with Gasteiger partial charge in [0.1, 0.15) is 0 Å². The zero-order valence-electron chi connectivity index (χ0n) is 11.9. The number of unbranched alkanes of at least 4 members (excludes halogenated alkanes) is 2. The van der Waals surface area contributed by atoms with E-state index in [1.165, 1.54) is 19.3 Å². The molecule has 0 aromatic rings. The standard InChI is InChI=1S/C14H31NO/c1-12(2)11-15-9-7-6-8-10-16-14(5)13(3)4/h12-15H,6-11H2,1-5H3. The van der Waals surface area contributed by atoms with Crippen LogP contribution in [-0.2, 0) is 4.74 Å². The smallest absolute Gasteiger partial charge is 0.0569 e. The Morgan fingerprint density at radius 1 is 0.938 bits per heavy atom. The van der Waals surface area contributed by atoms with E-state index >= 15 is 0 Å². The molecule has 0 bridgehead atoms. The van der Waals surface area contributed by atoms with Crippen LogP contribution in [0.3, 0.4) is 0 Å². The second-order valence-corrected chi connectivity index (χ2v) is 5.48. The van der Waals surface area contributed by atoms with Crippen LogP contribution in [0.4, 0.5) is 0 Å². The normalized spacial score (nSPS) is 13.7. The molecule has 1 unspecified atom stereocenters.